The normalized spacial score (nSPS) is 17.2. The van der Waals surface area contributed by atoms with Gasteiger partial charge < -0.3 is 0 Å². The number of rotatable bonds is 6. The van der Waals surface area contributed by atoms with Crippen molar-refractivity contribution in [3.8, 4) is 0 Å². The Labute approximate surface area is 83.6 Å². The minimum absolute atomic E-state index is 0.797. The molecule has 0 radical (unpaired) electrons. The highest BCUT2D eigenvalue weighted by atomic mass is 14.7. The van der Waals surface area contributed by atoms with Gasteiger partial charge in [0.1, 0.15) is 0 Å². The third-order valence-corrected chi connectivity index (χ3v) is 2.61. The van der Waals surface area contributed by atoms with Gasteiger partial charge in [0.25, 0.3) is 0 Å². The molecule has 0 aromatic rings. The van der Waals surface area contributed by atoms with Gasteiger partial charge in [-0.05, 0) is 31.6 Å². The smallest absolute Gasteiger partial charge is 0.0276 e. The first-order valence-electron chi connectivity index (χ1n) is 5.52. The van der Waals surface area contributed by atoms with Gasteiger partial charge in [-0.15, -0.1) is 0 Å². The molecule has 13 heavy (non-hydrogen) atoms. The zero-order valence-corrected chi connectivity index (χ0v) is 9.93. The molecule has 78 valence electrons. The van der Waals surface area contributed by atoms with Gasteiger partial charge in [-0.2, -0.15) is 0 Å². The summed E-state index contributed by atoms with van der Waals surface area (Å²) >= 11 is 0. The second kappa shape index (κ2) is 7.11. The molecular weight excluding hydrogens is 158 g/mol. The maximum Gasteiger partial charge on any atom is 0.0276 e. The van der Waals surface area contributed by atoms with Crippen LogP contribution in [0.3, 0.4) is 0 Å². The molecule has 0 bridgehead atoms. The second-order valence-electron chi connectivity index (χ2n) is 4.40. The van der Waals surface area contributed by atoms with Gasteiger partial charge in [-0.25, -0.2) is 0 Å². The largest absolute Gasteiger partial charge is 0.298 e. The highest BCUT2D eigenvalue weighted by Gasteiger charge is 2.08. The summed E-state index contributed by atoms with van der Waals surface area (Å²) in [6.07, 6.45) is 5.20. The molecule has 0 saturated heterocycles. The van der Waals surface area contributed by atoms with Gasteiger partial charge in [-0.1, -0.05) is 33.6 Å². The quantitative estimate of drug-likeness (QED) is 0.553. The lowest BCUT2D eigenvalue weighted by Gasteiger charge is -2.16. The predicted molar refractivity (Wildman–Crippen MR) is 61.5 cm³/mol. The molecule has 1 nitrogen and oxygen atoms in total. The van der Waals surface area contributed by atoms with Crippen LogP contribution in [0.25, 0.3) is 0 Å². The fourth-order valence-corrected chi connectivity index (χ4v) is 1.98. The van der Waals surface area contributed by atoms with Crippen LogP contribution in [-0.4, -0.2) is 12.8 Å². The van der Waals surface area contributed by atoms with Crippen molar-refractivity contribution in [2.24, 2.45) is 16.8 Å². The van der Waals surface area contributed by atoms with Crippen LogP contribution in [0.15, 0.2) is 4.99 Å². The second-order valence-corrected chi connectivity index (χ2v) is 4.40. The van der Waals surface area contributed by atoms with Gasteiger partial charge in [0, 0.05) is 12.8 Å². The first kappa shape index (κ1) is 12.7. The van der Waals surface area contributed by atoms with E-state index in [0.29, 0.717) is 0 Å². The van der Waals surface area contributed by atoms with Gasteiger partial charge >= 0.3 is 0 Å². The third kappa shape index (κ3) is 6.80. The Bertz CT molecular complexity index is 149. The summed E-state index contributed by atoms with van der Waals surface area (Å²) in [6.45, 7) is 9.08. The van der Waals surface area contributed by atoms with E-state index in [-0.39, 0.29) is 0 Å². The maximum absolute atomic E-state index is 4.20. The van der Waals surface area contributed by atoms with Crippen LogP contribution in [0.1, 0.15) is 53.4 Å². The van der Waals surface area contributed by atoms with E-state index in [0.717, 1.165) is 11.8 Å². The lowest BCUT2D eigenvalue weighted by atomic mass is 9.91. The lowest BCUT2D eigenvalue weighted by Crippen LogP contribution is -2.07. The Balaban J connectivity index is 3.67. The lowest BCUT2D eigenvalue weighted by molar-refractivity contribution is 0.399. The third-order valence-electron chi connectivity index (χ3n) is 2.61. The molecule has 0 heterocycles. The van der Waals surface area contributed by atoms with Crippen molar-refractivity contribution in [2.45, 2.75) is 53.4 Å². The Hall–Kier alpha value is -0.330. The summed E-state index contributed by atoms with van der Waals surface area (Å²) in [5.41, 5.74) is 1.29. The molecule has 0 aliphatic rings. The molecule has 0 N–H and O–H groups in total. The first-order valence-corrected chi connectivity index (χ1v) is 5.52. The van der Waals surface area contributed by atoms with Crippen LogP contribution >= 0.6 is 0 Å². The van der Waals surface area contributed by atoms with Crippen molar-refractivity contribution in [3.05, 3.63) is 0 Å². The summed E-state index contributed by atoms with van der Waals surface area (Å²) in [5.74, 6) is 1.68. The molecule has 0 spiro atoms. The van der Waals surface area contributed by atoms with E-state index in [2.05, 4.69) is 32.7 Å². The molecule has 0 saturated carbocycles. The van der Waals surface area contributed by atoms with Crippen LogP contribution in [0.2, 0.25) is 0 Å². The standard InChI is InChI=1S/C12H25N/c1-6-7-10(2)8-11(3)9-12(4)13-5/h10-11H,6-9H2,1-5H3. The number of hydrogen-bond acceptors (Lipinski definition) is 1. The minimum Gasteiger partial charge on any atom is -0.298 e. The van der Waals surface area contributed by atoms with E-state index in [1.807, 2.05) is 7.05 Å². The summed E-state index contributed by atoms with van der Waals surface area (Å²) in [5, 5.41) is 0. The van der Waals surface area contributed by atoms with Crippen LogP contribution < -0.4 is 0 Å². The van der Waals surface area contributed by atoms with E-state index < -0.39 is 0 Å². The molecule has 0 rings (SSSR count). The van der Waals surface area contributed by atoms with Crippen LogP contribution in [0.5, 0.6) is 0 Å². The topological polar surface area (TPSA) is 12.4 Å². The maximum atomic E-state index is 4.20. The highest BCUT2D eigenvalue weighted by molar-refractivity contribution is 5.81. The monoisotopic (exact) mass is 183 g/mol. The number of nitrogens with zero attached hydrogens (tertiary/aromatic N) is 1. The number of aliphatic imine (C=N–C) groups is 1. The van der Waals surface area contributed by atoms with E-state index >= 15 is 0 Å². The van der Waals surface area contributed by atoms with Crippen molar-refractivity contribution >= 4 is 5.71 Å². The van der Waals surface area contributed by atoms with E-state index in [1.54, 1.807) is 0 Å². The predicted octanol–water partition coefficient (Wildman–Crippen LogP) is 3.93. The molecule has 0 aromatic carbocycles. The Morgan fingerprint density at radius 1 is 1.23 bits per heavy atom. The summed E-state index contributed by atoms with van der Waals surface area (Å²) < 4.78 is 0. The molecule has 0 amide bonds. The van der Waals surface area contributed by atoms with Crippen molar-refractivity contribution < 1.29 is 0 Å². The molecule has 2 atom stereocenters. The Kier molecular flexibility index (Phi) is 6.93. The van der Waals surface area contributed by atoms with Gasteiger partial charge in [-0.3, -0.25) is 4.99 Å². The van der Waals surface area contributed by atoms with Crippen molar-refractivity contribution in [1.82, 2.24) is 0 Å². The minimum atomic E-state index is 0.797. The van der Waals surface area contributed by atoms with Crippen LogP contribution in [0, 0.1) is 11.8 Å². The van der Waals surface area contributed by atoms with Crippen LogP contribution in [-0.2, 0) is 0 Å². The molecule has 0 aromatic heterocycles. The van der Waals surface area contributed by atoms with E-state index in [1.165, 1.54) is 31.4 Å². The summed E-state index contributed by atoms with van der Waals surface area (Å²) in [7, 11) is 1.89. The summed E-state index contributed by atoms with van der Waals surface area (Å²) in [4.78, 5) is 4.20. The zero-order chi connectivity index (χ0) is 10.3. The van der Waals surface area contributed by atoms with E-state index in [4.69, 9.17) is 0 Å². The number of hydrogen-bond donors (Lipinski definition) is 0. The fourth-order valence-electron chi connectivity index (χ4n) is 1.98. The van der Waals surface area contributed by atoms with Gasteiger partial charge in [0.2, 0.25) is 0 Å². The van der Waals surface area contributed by atoms with Crippen molar-refractivity contribution in [2.75, 3.05) is 7.05 Å². The van der Waals surface area contributed by atoms with Crippen LogP contribution in [0.4, 0.5) is 0 Å². The van der Waals surface area contributed by atoms with Gasteiger partial charge in [0.15, 0.2) is 0 Å². The Morgan fingerprint density at radius 3 is 2.31 bits per heavy atom. The molecule has 0 aliphatic carbocycles. The SMILES string of the molecule is CCCC(C)CC(C)CC(C)=NC. The Morgan fingerprint density at radius 2 is 1.85 bits per heavy atom. The zero-order valence-electron chi connectivity index (χ0n) is 9.93. The average Bonchev–Trinajstić information content (AvgIpc) is 2.04. The van der Waals surface area contributed by atoms with Crippen molar-refractivity contribution in [1.29, 1.82) is 0 Å². The van der Waals surface area contributed by atoms with E-state index in [9.17, 15) is 0 Å². The molecule has 0 fully saturated rings. The molecular formula is C12H25N. The molecule has 2 unspecified atom stereocenters. The molecule has 0 aliphatic heterocycles. The molecule has 1 heteroatoms. The van der Waals surface area contributed by atoms with Gasteiger partial charge in [0.05, 0.1) is 0 Å². The first-order chi connectivity index (χ1) is 6.10. The average molecular weight is 183 g/mol. The fraction of sp³-hybridized carbons (Fsp3) is 0.917. The highest BCUT2D eigenvalue weighted by Crippen LogP contribution is 2.19. The van der Waals surface area contributed by atoms with Crippen molar-refractivity contribution in [3.63, 3.8) is 0 Å². The summed E-state index contributed by atoms with van der Waals surface area (Å²) in [6, 6.07) is 0.